The molecule has 1 aromatic heterocycles. The zero-order valence-electron chi connectivity index (χ0n) is 16.9. The minimum atomic E-state index is -0.268. The third-order valence-electron chi connectivity index (χ3n) is 4.74. The fourth-order valence-electron chi connectivity index (χ4n) is 2.96. The molecule has 0 bridgehead atoms. The van der Waals surface area contributed by atoms with Gasteiger partial charge in [-0.15, -0.1) is 10.2 Å². The second-order valence-electron chi connectivity index (χ2n) is 7.97. The quantitative estimate of drug-likeness (QED) is 0.799. The van der Waals surface area contributed by atoms with E-state index in [0.717, 1.165) is 45.1 Å². The molecule has 0 radical (unpaired) electrons. The predicted octanol–water partition coefficient (Wildman–Crippen LogP) is 2.77. The summed E-state index contributed by atoms with van der Waals surface area (Å²) in [5, 5.41) is 14.2. The van der Waals surface area contributed by atoms with E-state index in [1.165, 1.54) is 5.56 Å². The highest BCUT2D eigenvalue weighted by Crippen LogP contribution is 2.23. The van der Waals surface area contributed by atoms with E-state index in [9.17, 15) is 4.79 Å². The van der Waals surface area contributed by atoms with Crippen molar-refractivity contribution in [1.82, 2.24) is 15.1 Å². The van der Waals surface area contributed by atoms with Crippen LogP contribution >= 0.6 is 0 Å². The van der Waals surface area contributed by atoms with Crippen LogP contribution in [0.4, 0.5) is 11.5 Å². The van der Waals surface area contributed by atoms with Crippen molar-refractivity contribution in [3.05, 3.63) is 47.7 Å². The minimum Gasteiger partial charge on any atom is -0.379 e. The molecule has 150 valence electrons. The Morgan fingerprint density at radius 1 is 1.07 bits per heavy atom. The summed E-state index contributed by atoms with van der Waals surface area (Å²) in [6.07, 6.45) is 0. The summed E-state index contributed by atoms with van der Waals surface area (Å²) in [5.74, 6) is 0.398. The lowest BCUT2D eigenvalue weighted by Gasteiger charge is -2.26. The SMILES string of the molecule is CC(C)(C)c1ccc(NC(=O)c2ccc(NCCN3CCOCC3)nn2)cc1. The van der Waals surface area contributed by atoms with Crippen LogP contribution in [0.15, 0.2) is 36.4 Å². The standard InChI is InChI=1S/C21H29N5O2/c1-21(2,3)16-4-6-17(7-5-16)23-20(27)18-8-9-19(25-24-18)22-10-11-26-12-14-28-15-13-26/h4-9H,10-15H2,1-3H3,(H,22,25)(H,23,27). The second-order valence-corrected chi connectivity index (χ2v) is 7.97. The van der Waals surface area contributed by atoms with Crippen molar-refractivity contribution in [3.63, 3.8) is 0 Å². The molecule has 0 saturated carbocycles. The molecule has 0 unspecified atom stereocenters. The molecule has 1 fully saturated rings. The third-order valence-corrected chi connectivity index (χ3v) is 4.74. The first kappa shape index (κ1) is 20.2. The number of anilines is 2. The number of hydrogen-bond acceptors (Lipinski definition) is 6. The normalized spacial score (nSPS) is 15.2. The Morgan fingerprint density at radius 2 is 1.79 bits per heavy atom. The number of nitrogens with one attached hydrogen (secondary N) is 2. The fourth-order valence-corrected chi connectivity index (χ4v) is 2.96. The summed E-state index contributed by atoms with van der Waals surface area (Å²) in [5.41, 5.74) is 2.34. The zero-order valence-corrected chi connectivity index (χ0v) is 16.9. The predicted molar refractivity (Wildman–Crippen MR) is 111 cm³/mol. The van der Waals surface area contributed by atoms with Crippen molar-refractivity contribution >= 4 is 17.4 Å². The van der Waals surface area contributed by atoms with Crippen LogP contribution in [0.25, 0.3) is 0 Å². The van der Waals surface area contributed by atoms with Crippen molar-refractivity contribution in [3.8, 4) is 0 Å². The van der Waals surface area contributed by atoms with E-state index in [4.69, 9.17) is 4.74 Å². The Labute approximate surface area is 166 Å². The van der Waals surface area contributed by atoms with Crippen LogP contribution in [0, 0.1) is 0 Å². The lowest BCUT2D eigenvalue weighted by molar-refractivity contribution is 0.0398. The molecule has 0 aliphatic carbocycles. The maximum absolute atomic E-state index is 12.4. The molecule has 28 heavy (non-hydrogen) atoms. The van der Waals surface area contributed by atoms with Gasteiger partial charge in [-0.05, 0) is 35.2 Å². The van der Waals surface area contributed by atoms with Crippen LogP contribution in [0.3, 0.4) is 0 Å². The number of ether oxygens (including phenoxy) is 1. The van der Waals surface area contributed by atoms with Crippen LogP contribution in [0.1, 0.15) is 36.8 Å². The van der Waals surface area contributed by atoms with Gasteiger partial charge in [-0.2, -0.15) is 0 Å². The number of aromatic nitrogens is 2. The molecule has 3 rings (SSSR count). The average Bonchev–Trinajstić information content (AvgIpc) is 2.69. The van der Waals surface area contributed by atoms with Gasteiger partial charge < -0.3 is 15.4 Å². The fraction of sp³-hybridized carbons (Fsp3) is 0.476. The molecule has 1 aliphatic rings. The van der Waals surface area contributed by atoms with E-state index in [1.807, 2.05) is 24.3 Å². The first-order chi connectivity index (χ1) is 13.4. The summed E-state index contributed by atoms with van der Waals surface area (Å²) in [7, 11) is 0. The number of nitrogens with zero attached hydrogens (tertiary/aromatic N) is 3. The number of benzene rings is 1. The van der Waals surface area contributed by atoms with Gasteiger partial charge in [0.05, 0.1) is 13.2 Å². The summed E-state index contributed by atoms with van der Waals surface area (Å²) in [4.78, 5) is 14.7. The topological polar surface area (TPSA) is 79.4 Å². The zero-order chi connectivity index (χ0) is 20.0. The number of carbonyl (C=O) groups excluding carboxylic acids is 1. The van der Waals surface area contributed by atoms with Crippen molar-refractivity contribution in [2.45, 2.75) is 26.2 Å². The van der Waals surface area contributed by atoms with Crippen molar-refractivity contribution in [2.75, 3.05) is 50.0 Å². The van der Waals surface area contributed by atoms with E-state index < -0.39 is 0 Å². The second kappa shape index (κ2) is 9.12. The van der Waals surface area contributed by atoms with E-state index >= 15 is 0 Å². The highest BCUT2D eigenvalue weighted by molar-refractivity contribution is 6.02. The van der Waals surface area contributed by atoms with Gasteiger partial charge in [0.25, 0.3) is 5.91 Å². The smallest absolute Gasteiger partial charge is 0.276 e. The molecule has 7 nitrogen and oxygen atoms in total. The van der Waals surface area contributed by atoms with E-state index in [0.29, 0.717) is 11.5 Å². The van der Waals surface area contributed by atoms with Gasteiger partial charge in [0, 0.05) is 31.9 Å². The highest BCUT2D eigenvalue weighted by atomic mass is 16.5. The molecule has 2 aromatic rings. The Kier molecular flexibility index (Phi) is 6.59. The van der Waals surface area contributed by atoms with E-state index in [1.54, 1.807) is 12.1 Å². The number of carbonyl (C=O) groups is 1. The molecule has 1 aliphatic heterocycles. The largest absolute Gasteiger partial charge is 0.379 e. The molecule has 0 spiro atoms. The Morgan fingerprint density at radius 3 is 2.39 bits per heavy atom. The maximum atomic E-state index is 12.4. The van der Waals surface area contributed by atoms with Crippen LogP contribution < -0.4 is 10.6 Å². The summed E-state index contributed by atoms with van der Waals surface area (Å²) in [6.45, 7) is 11.7. The van der Waals surface area contributed by atoms with E-state index in [-0.39, 0.29) is 11.3 Å². The van der Waals surface area contributed by atoms with Gasteiger partial charge in [-0.1, -0.05) is 32.9 Å². The molecule has 1 saturated heterocycles. The van der Waals surface area contributed by atoms with Gasteiger partial charge in [-0.25, -0.2) is 0 Å². The van der Waals surface area contributed by atoms with Crippen molar-refractivity contribution in [1.29, 1.82) is 0 Å². The molecule has 1 amide bonds. The van der Waals surface area contributed by atoms with Gasteiger partial charge in [0.15, 0.2) is 5.69 Å². The molecule has 2 heterocycles. The lowest BCUT2D eigenvalue weighted by atomic mass is 9.87. The van der Waals surface area contributed by atoms with Crippen LogP contribution in [0.5, 0.6) is 0 Å². The first-order valence-electron chi connectivity index (χ1n) is 9.71. The lowest BCUT2D eigenvalue weighted by Crippen LogP contribution is -2.39. The minimum absolute atomic E-state index is 0.0820. The van der Waals surface area contributed by atoms with Crippen LogP contribution in [-0.2, 0) is 10.2 Å². The van der Waals surface area contributed by atoms with E-state index in [2.05, 4.69) is 46.5 Å². The average molecular weight is 383 g/mol. The number of rotatable bonds is 6. The first-order valence-corrected chi connectivity index (χ1v) is 9.71. The number of amides is 1. The summed E-state index contributed by atoms with van der Waals surface area (Å²) >= 11 is 0. The molecule has 2 N–H and O–H groups in total. The molecule has 1 aromatic carbocycles. The number of morpholine rings is 1. The highest BCUT2D eigenvalue weighted by Gasteiger charge is 2.14. The van der Waals surface area contributed by atoms with Crippen LogP contribution in [0.2, 0.25) is 0 Å². The summed E-state index contributed by atoms with van der Waals surface area (Å²) in [6, 6.07) is 11.3. The number of hydrogen-bond donors (Lipinski definition) is 2. The Balaban J connectivity index is 1.49. The third kappa shape index (κ3) is 5.74. The molecule has 7 heteroatoms. The van der Waals surface area contributed by atoms with Crippen LogP contribution in [-0.4, -0.2) is 60.4 Å². The molecular formula is C21H29N5O2. The molecule has 0 atom stereocenters. The van der Waals surface area contributed by atoms with Gasteiger partial charge in [0.2, 0.25) is 0 Å². The van der Waals surface area contributed by atoms with Gasteiger partial charge >= 0.3 is 0 Å². The Bertz CT molecular complexity index is 763. The van der Waals surface area contributed by atoms with Crippen molar-refractivity contribution < 1.29 is 9.53 Å². The summed E-state index contributed by atoms with van der Waals surface area (Å²) < 4.78 is 5.34. The van der Waals surface area contributed by atoms with Gasteiger partial charge in [-0.3, -0.25) is 9.69 Å². The molecular weight excluding hydrogens is 354 g/mol. The monoisotopic (exact) mass is 383 g/mol. The van der Waals surface area contributed by atoms with Crippen molar-refractivity contribution in [2.24, 2.45) is 0 Å². The van der Waals surface area contributed by atoms with Gasteiger partial charge in [0.1, 0.15) is 5.82 Å². The maximum Gasteiger partial charge on any atom is 0.276 e. The Hall–Kier alpha value is -2.51.